The highest BCUT2D eigenvalue weighted by atomic mass is 16.7. The Morgan fingerprint density at radius 1 is 1.25 bits per heavy atom. The zero-order valence-corrected chi connectivity index (χ0v) is 9.69. The molecule has 0 aliphatic carbocycles. The Labute approximate surface area is 96.6 Å². The molecule has 84 valence electrons. The summed E-state index contributed by atoms with van der Waals surface area (Å²) in [5, 5.41) is 0. The third-order valence-corrected chi connectivity index (χ3v) is 2.62. The molecular formula is C14H16O2. The van der Waals surface area contributed by atoms with Crippen LogP contribution in [-0.4, -0.2) is 13.2 Å². The molecule has 2 heteroatoms. The summed E-state index contributed by atoms with van der Waals surface area (Å²) < 4.78 is 11.4. The van der Waals surface area contributed by atoms with E-state index in [1.54, 1.807) is 0 Å². The van der Waals surface area contributed by atoms with Gasteiger partial charge in [0.25, 0.3) is 0 Å². The summed E-state index contributed by atoms with van der Waals surface area (Å²) in [6.07, 6.45) is 5.13. The number of terminal acetylenes is 1. The Balaban J connectivity index is 2.18. The quantitative estimate of drug-likeness (QED) is 0.672. The molecule has 0 spiro atoms. The van der Waals surface area contributed by atoms with Gasteiger partial charge in [-0.3, -0.25) is 0 Å². The maximum atomic E-state index is 5.70. The van der Waals surface area contributed by atoms with Gasteiger partial charge in [0, 0.05) is 16.5 Å². The fraction of sp³-hybridized carbons (Fsp3) is 0.429. The van der Waals surface area contributed by atoms with Gasteiger partial charge in [-0.25, -0.2) is 0 Å². The molecule has 0 bridgehead atoms. The summed E-state index contributed by atoms with van der Waals surface area (Å²) >= 11 is 0. The molecule has 2 nitrogen and oxygen atoms in total. The minimum absolute atomic E-state index is 0.0849. The second-order valence-electron chi connectivity index (χ2n) is 4.85. The van der Waals surface area contributed by atoms with Gasteiger partial charge in [0.1, 0.15) is 0 Å². The van der Waals surface area contributed by atoms with Crippen molar-refractivity contribution < 1.29 is 9.47 Å². The zero-order valence-electron chi connectivity index (χ0n) is 9.69. The van der Waals surface area contributed by atoms with Gasteiger partial charge < -0.3 is 9.47 Å². The lowest BCUT2D eigenvalue weighted by Crippen LogP contribution is -2.34. The summed E-state index contributed by atoms with van der Waals surface area (Å²) in [5.41, 5.74) is 1.87. The van der Waals surface area contributed by atoms with Crippen LogP contribution in [0.1, 0.15) is 31.3 Å². The SMILES string of the molecule is C#Cc1ccccc1C1OCC(C)(C)CO1. The predicted octanol–water partition coefficient (Wildman–Crippen LogP) is 2.74. The molecule has 1 heterocycles. The molecule has 0 N–H and O–H groups in total. The Morgan fingerprint density at radius 2 is 1.88 bits per heavy atom. The molecule has 2 rings (SSSR count). The van der Waals surface area contributed by atoms with Crippen LogP contribution in [0.4, 0.5) is 0 Å². The molecule has 0 atom stereocenters. The van der Waals surface area contributed by atoms with Crippen LogP contribution in [0.25, 0.3) is 0 Å². The Morgan fingerprint density at radius 3 is 2.50 bits per heavy atom. The van der Waals surface area contributed by atoms with E-state index in [0.29, 0.717) is 13.2 Å². The van der Waals surface area contributed by atoms with E-state index in [0.717, 1.165) is 11.1 Å². The van der Waals surface area contributed by atoms with Crippen molar-refractivity contribution in [1.29, 1.82) is 0 Å². The highest BCUT2D eigenvalue weighted by molar-refractivity contribution is 5.40. The Hall–Kier alpha value is -1.30. The monoisotopic (exact) mass is 216 g/mol. The first kappa shape index (κ1) is 11.2. The van der Waals surface area contributed by atoms with E-state index in [4.69, 9.17) is 15.9 Å². The highest BCUT2D eigenvalue weighted by Gasteiger charge is 2.29. The van der Waals surface area contributed by atoms with Crippen molar-refractivity contribution >= 4 is 0 Å². The normalized spacial score (nSPS) is 20.3. The molecule has 0 unspecified atom stereocenters. The second-order valence-corrected chi connectivity index (χ2v) is 4.85. The van der Waals surface area contributed by atoms with E-state index in [1.165, 1.54) is 0 Å². The third kappa shape index (κ3) is 2.27. The summed E-state index contributed by atoms with van der Waals surface area (Å²) in [4.78, 5) is 0. The largest absolute Gasteiger partial charge is 0.348 e. The van der Waals surface area contributed by atoms with E-state index in [-0.39, 0.29) is 11.7 Å². The molecule has 1 fully saturated rings. The number of benzene rings is 1. The zero-order chi connectivity index (χ0) is 11.6. The average molecular weight is 216 g/mol. The van der Waals surface area contributed by atoms with Gasteiger partial charge in [-0.1, -0.05) is 38.0 Å². The predicted molar refractivity (Wildman–Crippen MR) is 62.8 cm³/mol. The fourth-order valence-electron chi connectivity index (χ4n) is 1.71. The van der Waals surface area contributed by atoms with Gasteiger partial charge in [-0.05, 0) is 6.07 Å². The summed E-state index contributed by atoms with van der Waals surface area (Å²) in [5.74, 6) is 2.65. The highest BCUT2D eigenvalue weighted by Crippen LogP contribution is 2.32. The lowest BCUT2D eigenvalue weighted by Gasteiger charge is -2.35. The molecule has 1 aliphatic heterocycles. The number of hydrogen-bond donors (Lipinski definition) is 0. The van der Waals surface area contributed by atoms with E-state index in [9.17, 15) is 0 Å². The van der Waals surface area contributed by atoms with E-state index in [2.05, 4.69) is 19.8 Å². The van der Waals surface area contributed by atoms with E-state index in [1.807, 2.05) is 24.3 Å². The smallest absolute Gasteiger partial charge is 0.185 e. The molecule has 0 amide bonds. The first-order valence-corrected chi connectivity index (χ1v) is 5.41. The summed E-state index contributed by atoms with van der Waals surface area (Å²) in [6, 6.07) is 7.73. The third-order valence-electron chi connectivity index (χ3n) is 2.62. The van der Waals surface area contributed by atoms with Crippen LogP contribution in [0.5, 0.6) is 0 Å². The Kier molecular flexibility index (Phi) is 3.00. The maximum Gasteiger partial charge on any atom is 0.185 e. The van der Waals surface area contributed by atoms with Gasteiger partial charge in [-0.15, -0.1) is 6.42 Å². The molecule has 1 aliphatic rings. The van der Waals surface area contributed by atoms with Crippen LogP contribution in [0.15, 0.2) is 24.3 Å². The van der Waals surface area contributed by atoms with Crippen LogP contribution in [0.2, 0.25) is 0 Å². The first-order chi connectivity index (χ1) is 7.62. The lowest BCUT2D eigenvalue weighted by molar-refractivity contribution is -0.226. The van der Waals surface area contributed by atoms with Crippen molar-refractivity contribution in [3.8, 4) is 12.3 Å². The topological polar surface area (TPSA) is 18.5 Å². The number of hydrogen-bond acceptors (Lipinski definition) is 2. The van der Waals surface area contributed by atoms with Gasteiger partial charge >= 0.3 is 0 Å². The summed E-state index contributed by atoms with van der Waals surface area (Å²) in [7, 11) is 0. The van der Waals surface area contributed by atoms with Crippen molar-refractivity contribution in [2.24, 2.45) is 5.41 Å². The van der Waals surface area contributed by atoms with Gasteiger partial charge in [-0.2, -0.15) is 0 Å². The van der Waals surface area contributed by atoms with Crippen LogP contribution in [0.3, 0.4) is 0 Å². The van der Waals surface area contributed by atoms with Crippen molar-refractivity contribution in [3.63, 3.8) is 0 Å². The average Bonchev–Trinajstić information content (AvgIpc) is 2.29. The molecule has 0 aromatic heterocycles. The summed E-state index contributed by atoms with van der Waals surface area (Å²) in [6.45, 7) is 5.62. The van der Waals surface area contributed by atoms with E-state index >= 15 is 0 Å². The van der Waals surface area contributed by atoms with Gasteiger partial charge in [0.2, 0.25) is 0 Å². The van der Waals surface area contributed by atoms with Crippen LogP contribution >= 0.6 is 0 Å². The molecule has 16 heavy (non-hydrogen) atoms. The standard InChI is InChI=1S/C14H16O2/c1-4-11-7-5-6-8-12(11)13-15-9-14(2,3)10-16-13/h1,5-8,13H,9-10H2,2-3H3. The second kappa shape index (κ2) is 4.29. The Bertz CT molecular complexity index is 405. The minimum Gasteiger partial charge on any atom is -0.348 e. The van der Waals surface area contributed by atoms with Crippen molar-refractivity contribution in [2.45, 2.75) is 20.1 Å². The maximum absolute atomic E-state index is 5.70. The minimum atomic E-state index is -0.319. The van der Waals surface area contributed by atoms with E-state index < -0.39 is 0 Å². The molecule has 1 saturated heterocycles. The number of ether oxygens (including phenoxy) is 2. The molecule has 0 radical (unpaired) electrons. The molecule has 0 saturated carbocycles. The van der Waals surface area contributed by atoms with Crippen molar-refractivity contribution in [2.75, 3.05) is 13.2 Å². The molecular weight excluding hydrogens is 200 g/mol. The first-order valence-electron chi connectivity index (χ1n) is 5.41. The fourth-order valence-corrected chi connectivity index (χ4v) is 1.71. The van der Waals surface area contributed by atoms with Crippen LogP contribution in [-0.2, 0) is 9.47 Å². The molecule has 1 aromatic carbocycles. The lowest BCUT2D eigenvalue weighted by atomic mass is 9.95. The molecule has 1 aromatic rings. The van der Waals surface area contributed by atoms with Crippen LogP contribution in [0, 0.1) is 17.8 Å². The van der Waals surface area contributed by atoms with Crippen molar-refractivity contribution in [3.05, 3.63) is 35.4 Å². The van der Waals surface area contributed by atoms with Gasteiger partial charge in [0.05, 0.1) is 13.2 Å². The van der Waals surface area contributed by atoms with Crippen LogP contribution < -0.4 is 0 Å². The van der Waals surface area contributed by atoms with Crippen molar-refractivity contribution in [1.82, 2.24) is 0 Å². The number of rotatable bonds is 1. The van der Waals surface area contributed by atoms with Gasteiger partial charge in [0.15, 0.2) is 6.29 Å².